The smallest absolute Gasteiger partial charge is 0.144 e. The second-order valence-electron chi connectivity index (χ2n) is 8.88. The van der Waals surface area contributed by atoms with E-state index in [9.17, 15) is 8.78 Å². The SMILES string of the molecule is CCC1CCC(CC/C=C/C2CCC(c3cc(F)c(C#N)c(F)c3)CC2)CC1. The van der Waals surface area contributed by atoms with Crippen LogP contribution in [0.3, 0.4) is 0 Å². The third-order valence-corrected chi connectivity index (χ3v) is 7.11. The summed E-state index contributed by atoms with van der Waals surface area (Å²) < 4.78 is 27.7. The van der Waals surface area contributed by atoms with Crippen molar-refractivity contribution in [2.75, 3.05) is 0 Å². The Morgan fingerprint density at radius 1 is 0.964 bits per heavy atom. The van der Waals surface area contributed by atoms with Crippen molar-refractivity contribution in [3.63, 3.8) is 0 Å². The van der Waals surface area contributed by atoms with E-state index in [1.807, 2.05) is 0 Å². The molecule has 0 atom stereocenters. The van der Waals surface area contributed by atoms with Gasteiger partial charge in [-0.2, -0.15) is 5.26 Å². The predicted octanol–water partition coefficient (Wildman–Crippen LogP) is 7.66. The van der Waals surface area contributed by atoms with Crippen LogP contribution in [-0.4, -0.2) is 0 Å². The van der Waals surface area contributed by atoms with Gasteiger partial charge in [0.15, 0.2) is 0 Å². The lowest BCUT2D eigenvalue weighted by molar-refractivity contribution is 0.259. The van der Waals surface area contributed by atoms with Gasteiger partial charge < -0.3 is 0 Å². The lowest BCUT2D eigenvalue weighted by atomic mass is 9.78. The first-order valence-electron chi connectivity index (χ1n) is 11.2. The van der Waals surface area contributed by atoms with Crippen molar-refractivity contribution in [1.82, 2.24) is 0 Å². The zero-order valence-electron chi connectivity index (χ0n) is 17.1. The van der Waals surface area contributed by atoms with E-state index in [0.717, 1.165) is 37.5 Å². The molecule has 152 valence electrons. The number of nitrogens with zero attached hydrogens (tertiary/aromatic N) is 1. The largest absolute Gasteiger partial charge is 0.205 e. The fraction of sp³-hybridized carbons (Fsp3) is 0.640. The van der Waals surface area contributed by atoms with Gasteiger partial charge in [-0.1, -0.05) is 51.2 Å². The molecule has 3 heteroatoms. The van der Waals surface area contributed by atoms with Crippen LogP contribution in [0, 0.1) is 40.7 Å². The lowest BCUT2D eigenvalue weighted by Crippen LogP contribution is -2.14. The Labute approximate surface area is 168 Å². The molecule has 0 aliphatic heterocycles. The van der Waals surface area contributed by atoms with Crippen LogP contribution in [0.5, 0.6) is 0 Å². The molecule has 0 unspecified atom stereocenters. The highest BCUT2D eigenvalue weighted by Crippen LogP contribution is 2.37. The van der Waals surface area contributed by atoms with E-state index >= 15 is 0 Å². The van der Waals surface area contributed by atoms with Gasteiger partial charge in [0.05, 0.1) is 0 Å². The maximum absolute atomic E-state index is 13.9. The number of allylic oxidation sites excluding steroid dienone is 2. The van der Waals surface area contributed by atoms with Crippen LogP contribution in [0.2, 0.25) is 0 Å². The second kappa shape index (κ2) is 10.2. The van der Waals surface area contributed by atoms with E-state index in [1.54, 1.807) is 6.07 Å². The summed E-state index contributed by atoms with van der Waals surface area (Å²) in [7, 11) is 0. The predicted molar refractivity (Wildman–Crippen MR) is 110 cm³/mol. The van der Waals surface area contributed by atoms with Gasteiger partial charge in [0.25, 0.3) is 0 Å². The number of benzene rings is 1. The molecule has 0 N–H and O–H groups in total. The zero-order chi connectivity index (χ0) is 19.9. The van der Waals surface area contributed by atoms with Gasteiger partial charge in [0, 0.05) is 0 Å². The molecule has 0 heterocycles. The summed E-state index contributed by atoms with van der Waals surface area (Å²) in [6.07, 6.45) is 18.4. The van der Waals surface area contributed by atoms with E-state index in [0.29, 0.717) is 11.5 Å². The highest BCUT2D eigenvalue weighted by Gasteiger charge is 2.23. The van der Waals surface area contributed by atoms with Crippen LogP contribution in [0.1, 0.15) is 94.6 Å². The quantitative estimate of drug-likeness (QED) is 0.461. The Morgan fingerprint density at radius 2 is 1.57 bits per heavy atom. The first kappa shape index (κ1) is 21.0. The molecule has 2 aliphatic rings. The van der Waals surface area contributed by atoms with Gasteiger partial charge in [0.1, 0.15) is 23.3 Å². The summed E-state index contributed by atoms with van der Waals surface area (Å²) in [5.74, 6) is 1.24. The molecule has 0 spiro atoms. The Kier molecular flexibility index (Phi) is 7.65. The third kappa shape index (κ3) is 5.43. The molecule has 2 fully saturated rings. The van der Waals surface area contributed by atoms with Crippen molar-refractivity contribution >= 4 is 0 Å². The van der Waals surface area contributed by atoms with Crippen molar-refractivity contribution in [1.29, 1.82) is 5.26 Å². The maximum atomic E-state index is 13.9. The van der Waals surface area contributed by atoms with Gasteiger partial charge in [-0.25, -0.2) is 8.78 Å². The molecular weight excluding hydrogens is 352 g/mol. The third-order valence-electron chi connectivity index (χ3n) is 7.11. The number of rotatable bonds is 6. The molecule has 0 saturated heterocycles. The average molecular weight is 386 g/mol. The molecule has 28 heavy (non-hydrogen) atoms. The van der Waals surface area contributed by atoms with Crippen LogP contribution in [0.25, 0.3) is 0 Å². The summed E-state index contributed by atoms with van der Waals surface area (Å²) in [6, 6.07) is 4.31. The summed E-state index contributed by atoms with van der Waals surface area (Å²) in [5, 5.41) is 8.81. The fourth-order valence-corrected chi connectivity index (χ4v) is 5.13. The summed E-state index contributed by atoms with van der Waals surface area (Å²) >= 11 is 0. The minimum atomic E-state index is -0.729. The maximum Gasteiger partial charge on any atom is 0.144 e. The van der Waals surface area contributed by atoms with Gasteiger partial charge in [-0.15, -0.1) is 0 Å². The molecule has 0 radical (unpaired) electrons. The van der Waals surface area contributed by atoms with Crippen molar-refractivity contribution in [3.05, 3.63) is 47.0 Å². The number of hydrogen-bond donors (Lipinski definition) is 0. The highest BCUT2D eigenvalue weighted by atomic mass is 19.1. The summed E-state index contributed by atoms with van der Waals surface area (Å²) in [6.45, 7) is 2.32. The van der Waals surface area contributed by atoms with E-state index < -0.39 is 17.2 Å². The molecular formula is C25H33F2N. The van der Waals surface area contributed by atoms with E-state index in [-0.39, 0.29) is 5.92 Å². The van der Waals surface area contributed by atoms with Crippen molar-refractivity contribution in [2.24, 2.45) is 17.8 Å². The molecule has 2 saturated carbocycles. The molecule has 0 amide bonds. The first-order chi connectivity index (χ1) is 13.6. The average Bonchev–Trinajstić information content (AvgIpc) is 2.72. The zero-order valence-corrected chi connectivity index (χ0v) is 17.1. The minimum Gasteiger partial charge on any atom is -0.205 e. The van der Waals surface area contributed by atoms with E-state index in [4.69, 9.17) is 5.26 Å². The molecule has 1 aromatic carbocycles. The molecule has 0 bridgehead atoms. The summed E-state index contributed by atoms with van der Waals surface area (Å²) in [5.41, 5.74) is 0.239. The lowest BCUT2D eigenvalue weighted by Gasteiger charge is -2.28. The number of halogens is 2. The molecule has 3 rings (SSSR count). The van der Waals surface area contributed by atoms with Crippen molar-refractivity contribution in [2.45, 2.75) is 83.5 Å². The van der Waals surface area contributed by atoms with Gasteiger partial charge in [-0.3, -0.25) is 0 Å². The normalized spacial score (nSPS) is 28.4. The van der Waals surface area contributed by atoms with Crippen LogP contribution < -0.4 is 0 Å². The standard InChI is InChI=1S/C25H33F2N/c1-2-18-7-9-19(10-8-18)5-3-4-6-20-11-13-21(14-12-20)22-15-24(26)23(17-28)25(27)16-22/h4,6,15-16,18-21H,2-3,5,7-14H2,1H3/b6-4+. The Morgan fingerprint density at radius 3 is 2.14 bits per heavy atom. The van der Waals surface area contributed by atoms with Gasteiger partial charge in [0.2, 0.25) is 0 Å². The van der Waals surface area contributed by atoms with Crippen LogP contribution >= 0.6 is 0 Å². The number of nitriles is 1. The molecule has 1 aromatic rings. The monoisotopic (exact) mass is 385 g/mol. The van der Waals surface area contributed by atoms with Crippen molar-refractivity contribution < 1.29 is 8.78 Å². The highest BCUT2D eigenvalue weighted by molar-refractivity contribution is 5.36. The van der Waals surface area contributed by atoms with Gasteiger partial charge >= 0.3 is 0 Å². The van der Waals surface area contributed by atoms with E-state index in [1.165, 1.54) is 57.1 Å². The van der Waals surface area contributed by atoms with Crippen LogP contribution in [-0.2, 0) is 0 Å². The number of hydrogen-bond acceptors (Lipinski definition) is 1. The van der Waals surface area contributed by atoms with Crippen LogP contribution in [0.15, 0.2) is 24.3 Å². The Hall–Kier alpha value is -1.69. The molecule has 2 aliphatic carbocycles. The topological polar surface area (TPSA) is 23.8 Å². The van der Waals surface area contributed by atoms with E-state index in [2.05, 4.69) is 19.1 Å². The fourth-order valence-electron chi connectivity index (χ4n) is 5.13. The van der Waals surface area contributed by atoms with Crippen molar-refractivity contribution in [3.8, 4) is 6.07 Å². The Bertz CT molecular complexity index is 679. The minimum absolute atomic E-state index is 0.204. The summed E-state index contributed by atoms with van der Waals surface area (Å²) in [4.78, 5) is 0. The molecule has 1 nitrogen and oxygen atoms in total. The molecule has 0 aromatic heterocycles. The van der Waals surface area contributed by atoms with Crippen LogP contribution in [0.4, 0.5) is 8.78 Å². The first-order valence-corrected chi connectivity index (χ1v) is 11.2. The van der Waals surface area contributed by atoms with Gasteiger partial charge in [-0.05, 0) is 79.9 Å². The Balaban J connectivity index is 1.41. The second-order valence-corrected chi connectivity index (χ2v) is 8.88.